The van der Waals surface area contributed by atoms with E-state index in [0.717, 1.165) is 31.0 Å². The number of nitrogens with zero attached hydrogens (tertiary/aromatic N) is 1. The predicted molar refractivity (Wildman–Crippen MR) is 75.1 cm³/mol. The van der Waals surface area contributed by atoms with Crippen LogP contribution >= 0.6 is 0 Å². The van der Waals surface area contributed by atoms with Crippen LogP contribution in [0.15, 0.2) is 17.2 Å². The number of nitrogens with two attached hydrogens (primary N) is 1. The molecule has 19 heavy (non-hydrogen) atoms. The highest BCUT2D eigenvalue weighted by atomic mass is 32.2. The summed E-state index contributed by atoms with van der Waals surface area (Å²) in [6.07, 6.45) is 6.33. The first-order valence-corrected chi connectivity index (χ1v) is 8.44. The Kier molecular flexibility index (Phi) is 4.65. The van der Waals surface area contributed by atoms with Crippen LogP contribution < -0.4 is 10.5 Å². The lowest BCUT2D eigenvalue weighted by molar-refractivity contribution is 0.572. The molecule has 1 fully saturated rings. The normalized spacial score (nSPS) is 15.9. The highest BCUT2D eigenvalue weighted by molar-refractivity contribution is 7.89. The molecule has 1 aliphatic carbocycles. The highest BCUT2D eigenvalue weighted by Crippen LogP contribution is 2.33. The summed E-state index contributed by atoms with van der Waals surface area (Å²) in [6.45, 7) is 3.57. The number of nitrogens with one attached hydrogen (secondary N) is 1. The maximum absolute atomic E-state index is 12.1. The van der Waals surface area contributed by atoms with Crippen LogP contribution in [0.2, 0.25) is 0 Å². The molecule has 0 aromatic carbocycles. The lowest BCUT2D eigenvalue weighted by atomic mass is 10.2. The van der Waals surface area contributed by atoms with Crippen LogP contribution in [0, 0.1) is 5.92 Å². The first-order chi connectivity index (χ1) is 9.06. The van der Waals surface area contributed by atoms with Gasteiger partial charge in [0, 0.05) is 31.5 Å². The molecule has 1 aromatic rings. The third-order valence-corrected chi connectivity index (χ3v) is 5.03. The summed E-state index contributed by atoms with van der Waals surface area (Å²) >= 11 is 0. The van der Waals surface area contributed by atoms with Gasteiger partial charge < -0.3 is 10.3 Å². The van der Waals surface area contributed by atoms with Crippen molar-refractivity contribution in [3.05, 3.63) is 18.0 Å². The van der Waals surface area contributed by atoms with Gasteiger partial charge in [0.25, 0.3) is 0 Å². The van der Waals surface area contributed by atoms with Gasteiger partial charge in [-0.1, -0.05) is 12.8 Å². The summed E-state index contributed by atoms with van der Waals surface area (Å²) in [6, 6.07) is 1.66. The molecule has 1 saturated carbocycles. The van der Waals surface area contributed by atoms with Crippen LogP contribution in [-0.4, -0.2) is 19.5 Å². The van der Waals surface area contributed by atoms with Gasteiger partial charge in [-0.15, -0.1) is 0 Å². The molecule has 1 aliphatic rings. The van der Waals surface area contributed by atoms with E-state index in [9.17, 15) is 8.42 Å². The fourth-order valence-electron chi connectivity index (χ4n) is 2.23. The molecule has 0 radical (unpaired) electrons. The zero-order valence-electron chi connectivity index (χ0n) is 11.4. The highest BCUT2D eigenvalue weighted by Gasteiger charge is 2.21. The van der Waals surface area contributed by atoms with E-state index in [1.54, 1.807) is 12.3 Å². The molecule has 1 heterocycles. The molecular weight excluding hydrogens is 262 g/mol. The van der Waals surface area contributed by atoms with E-state index in [0.29, 0.717) is 18.0 Å². The van der Waals surface area contributed by atoms with Crippen LogP contribution in [0.4, 0.5) is 0 Å². The summed E-state index contributed by atoms with van der Waals surface area (Å²) in [4.78, 5) is 0.321. The first-order valence-electron chi connectivity index (χ1n) is 6.95. The van der Waals surface area contributed by atoms with Crippen molar-refractivity contribution in [2.24, 2.45) is 11.7 Å². The monoisotopic (exact) mass is 285 g/mol. The Bertz CT molecular complexity index is 496. The van der Waals surface area contributed by atoms with Gasteiger partial charge in [0.15, 0.2) is 0 Å². The van der Waals surface area contributed by atoms with Crippen molar-refractivity contribution < 1.29 is 8.42 Å². The minimum Gasteiger partial charge on any atom is -0.349 e. The Morgan fingerprint density at radius 1 is 1.47 bits per heavy atom. The van der Waals surface area contributed by atoms with Crippen molar-refractivity contribution in [3.63, 3.8) is 0 Å². The standard InChI is InChI=1S/C13H23N3O2S/c1-2-16-10-13(8-12(16)9-14)19(17,18)15-7-3-4-11-5-6-11/h8,10-11,15H,2-7,9,14H2,1H3. The summed E-state index contributed by atoms with van der Waals surface area (Å²) in [5.74, 6) is 0.842. The third-order valence-electron chi connectivity index (χ3n) is 3.60. The number of hydrogen-bond acceptors (Lipinski definition) is 3. The summed E-state index contributed by atoms with van der Waals surface area (Å²) in [5.41, 5.74) is 6.46. The van der Waals surface area contributed by atoms with Gasteiger partial charge in [-0.2, -0.15) is 0 Å². The molecule has 3 N–H and O–H groups in total. The number of rotatable bonds is 8. The van der Waals surface area contributed by atoms with Gasteiger partial charge in [0.05, 0.1) is 4.90 Å². The van der Waals surface area contributed by atoms with Gasteiger partial charge in [-0.25, -0.2) is 13.1 Å². The second-order valence-electron chi connectivity index (χ2n) is 5.14. The van der Waals surface area contributed by atoms with Gasteiger partial charge in [0.1, 0.15) is 0 Å². The van der Waals surface area contributed by atoms with E-state index in [1.165, 1.54) is 12.8 Å². The molecule has 5 nitrogen and oxygen atoms in total. The van der Waals surface area contributed by atoms with E-state index in [2.05, 4.69) is 4.72 Å². The van der Waals surface area contributed by atoms with Gasteiger partial charge in [-0.05, 0) is 31.7 Å². The lowest BCUT2D eigenvalue weighted by Crippen LogP contribution is -2.24. The number of aryl methyl sites for hydroxylation is 1. The van der Waals surface area contributed by atoms with Crippen LogP contribution in [-0.2, 0) is 23.1 Å². The first kappa shape index (κ1) is 14.6. The molecule has 0 aliphatic heterocycles. The van der Waals surface area contributed by atoms with E-state index in [1.807, 2.05) is 11.5 Å². The zero-order valence-corrected chi connectivity index (χ0v) is 12.2. The molecule has 0 bridgehead atoms. The molecule has 108 valence electrons. The maximum Gasteiger partial charge on any atom is 0.242 e. The van der Waals surface area contributed by atoms with Crippen LogP contribution in [0.3, 0.4) is 0 Å². The van der Waals surface area contributed by atoms with E-state index < -0.39 is 10.0 Å². The van der Waals surface area contributed by atoms with Gasteiger partial charge in [0.2, 0.25) is 10.0 Å². The van der Waals surface area contributed by atoms with Crippen molar-refractivity contribution in [2.75, 3.05) is 6.54 Å². The Morgan fingerprint density at radius 2 is 2.21 bits per heavy atom. The SMILES string of the molecule is CCn1cc(S(=O)(=O)NCCCC2CC2)cc1CN. The van der Waals surface area contributed by atoms with Gasteiger partial charge >= 0.3 is 0 Å². The van der Waals surface area contributed by atoms with Crippen molar-refractivity contribution in [1.82, 2.24) is 9.29 Å². The van der Waals surface area contributed by atoms with Gasteiger partial charge in [-0.3, -0.25) is 0 Å². The molecule has 0 unspecified atom stereocenters. The average molecular weight is 285 g/mol. The van der Waals surface area contributed by atoms with Crippen molar-refractivity contribution in [2.45, 2.75) is 50.6 Å². The lowest BCUT2D eigenvalue weighted by Gasteiger charge is -2.04. The molecule has 0 spiro atoms. The van der Waals surface area contributed by atoms with Crippen LogP contribution in [0.1, 0.15) is 38.3 Å². The Morgan fingerprint density at radius 3 is 2.74 bits per heavy atom. The van der Waals surface area contributed by atoms with Crippen LogP contribution in [0.5, 0.6) is 0 Å². The molecule has 6 heteroatoms. The second-order valence-corrected chi connectivity index (χ2v) is 6.91. The second kappa shape index (κ2) is 6.07. The topological polar surface area (TPSA) is 77.1 Å². The number of sulfonamides is 1. The van der Waals surface area contributed by atoms with Crippen LogP contribution in [0.25, 0.3) is 0 Å². The fourth-order valence-corrected chi connectivity index (χ4v) is 3.36. The van der Waals surface area contributed by atoms with E-state index in [-0.39, 0.29) is 0 Å². The molecule has 0 amide bonds. The number of aromatic nitrogens is 1. The van der Waals surface area contributed by atoms with Crippen molar-refractivity contribution in [3.8, 4) is 0 Å². The fraction of sp³-hybridized carbons (Fsp3) is 0.692. The summed E-state index contributed by atoms with van der Waals surface area (Å²) < 4.78 is 28.8. The minimum atomic E-state index is -3.39. The Balaban J connectivity index is 1.95. The Labute approximate surface area is 115 Å². The molecular formula is C13H23N3O2S. The molecule has 0 atom stereocenters. The summed E-state index contributed by atoms with van der Waals surface area (Å²) in [7, 11) is -3.39. The van der Waals surface area contributed by atoms with E-state index in [4.69, 9.17) is 5.73 Å². The van der Waals surface area contributed by atoms with Crippen molar-refractivity contribution >= 4 is 10.0 Å². The predicted octanol–water partition coefficient (Wildman–Crippen LogP) is 1.44. The molecule has 1 aromatic heterocycles. The molecule has 0 saturated heterocycles. The largest absolute Gasteiger partial charge is 0.349 e. The quantitative estimate of drug-likeness (QED) is 0.709. The summed E-state index contributed by atoms with van der Waals surface area (Å²) in [5, 5.41) is 0. The minimum absolute atomic E-state index is 0.321. The Hall–Kier alpha value is -0.850. The number of hydrogen-bond donors (Lipinski definition) is 2. The maximum atomic E-state index is 12.1. The molecule has 2 rings (SSSR count). The van der Waals surface area contributed by atoms with Crippen molar-refractivity contribution in [1.29, 1.82) is 0 Å². The smallest absolute Gasteiger partial charge is 0.242 e. The average Bonchev–Trinajstić information content (AvgIpc) is 3.11. The van der Waals surface area contributed by atoms with E-state index >= 15 is 0 Å². The zero-order chi connectivity index (χ0) is 13.9. The third kappa shape index (κ3) is 3.81.